The summed E-state index contributed by atoms with van der Waals surface area (Å²) in [6.07, 6.45) is -0.104. The standard InChI is InChI=1S/C20H18ClF2N3O6/c21-13-5-16-18(25-19(13)31-8-12-14(22)2-1-3-15(12)23)26-20(24-16)32-11-4-10(30-7-11)6-29-9-17(27)28/h1-3,5,10-11H,4,6-9H2,(H,27,28)(H,24,25,26)/t10-,11-/m0/s1. The van der Waals surface area contributed by atoms with E-state index in [0.717, 1.165) is 12.1 Å². The minimum atomic E-state index is -1.05. The number of ether oxygens (including phenoxy) is 4. The Morgan fingerprint density at radius 1 is 1.31 bits per heavy atom. The van der Waals surface area contributed by atoms with Crippen molar-refractivity contribution >= 4 is 28.7 Å². The van der Waals surface area contributed by atoms with Crippen molar-refractivity contribution in [3.05, 3.63) is 46.5 Å². The fraction of sp³-hybridized carbons (Fsp3) is 0.350. The molecule has 12 heteroatoms. The molecular weight excluding hydrogens is 452 g/mol. The molecule has 0 unspecified atom stereocenters. The van der Waals surface area contributed by atoms with E-state index in [-0.39, 0.29) is 53.5 Å². The van der Waals surface area contributed by atoms with E-state index in [9.17, 15) is 13.6 Å². The van der Waals surface area contributed by atoms with Crippen LogP contribution in [0.5, 0.6) is 11.9 Å². The number of benzene rings is 1. The van der Waals surface area contributed by atoms with Gasteiger partial charge in [-0.3, -0.25) is 0 Å². The van der Waals surface area contributed by atoms with Crippen LogP contribution in [0.3, 0.4) is 0 Å². The number of nitrogens with one attached hydrogen (secondary N) is 1. The molecule has 2 N–H and O–H groups in total. The Bertz CT molecular complexity index is 1110. The van der Waals surface area contributed by atoms with Gasteiger partial charge in [0.05, 0.1) is 30.4 Å². The second-order valence-corrected chi connectivity index (χ2v) is 7.42. The van der Waals surface area contributed by atoms with Gasteiger partial charge in [-0.1, -0.05) is 17.7 Å². The molecule has 9 nitrogen and oxygen atoms in total. The van der Waals surface area contributed by atoms with E-state index < -0.39 is 30.8 Å². The molecule has 1 aliphatic heterocycles. The second-order valence-electron chi connectivity index (χ2n) is 7.02. The van der Waals surface area contributed by atoms with Gasteiger partial charge in [0.2, 0.25) is 5.88 Å². The van der Waals surface area contributed by atoms with E-state index in [4.69, 9.17) is 35.7 Å². The monoisotopic (exact) mass is 469 g/mol. The summed E-state index contributed by atoms with van der Waals surface area (Å²) in [4.78, 5) is 21.9. The van der Waals surface area contributed by atoms with E-state index in [1.54, 1.807) is 0 Å². The summed E-state index contributed by atoms with van der Waals surface area (Å²) in [7, 11) is 0. The second kappa shape index (κ2) is 9.63. The number of hydrogen-bond acceptors (Lipinski definition) is 7. The highest BCUT2D eigenvalue weighted by Gasteiger charge is 2.28. The maximum atomic E-state index is 13.8. The maximum absolute atomic E-state index is 13.8. The van der Waals surface area contributed by atoms with Crippen LogP contribution in [0, 0.1) is 11.6 Å². The van der Waals surface area contributed by atoms with Crippen LogP contribution in [0.2, 0.25) is 5.02 Å². The van der Waals surface area contributed by atoms with Crippen LogP contribution in [0.4, 0.5) is 8.78 Å². The molecule has 2 aromatic heterocycles. The van der Waals surface area contributed by atoms with E-state index in [0.29, 0.717) is 11.9 Å². The first-order chi connectivity index (χ1) is 15.4. The quantitative estimate of drug-likeness (QED) is 0.491. The Morgan fingerprint density at radius 3 is 2.84 bits per heavy atom. The summed E-state index contributed by atoms with van der Waals surface area (Å²) in [5.74, 6) is -2.54. The maximum Gasteiger partial charge on any atom is 0.329 e. The fourth-order valence-electron chi connectivity index (χ4n) is 3.15. The Kier molecular flexibility index (Phi) is 6.68. The number of nitrogens with zero attached hydrogens (tertiary/aromatic N) is 2. The van der Waals surface area contributed by atoms with Crippen molar-refractivity contribution in [3.8, 4) is 11.9 Å². The number of carbonyl (C=O) groups is 1. The summed E-state index contributed by atoms with van der Waals surface area (Å²) < 4.78 is 49.3. The minimum Gasteiger partial charge on any atom is -0.480 e. The van der Waals surface area contributed by atoms with Crippen molar-refractivity contribution < 1.29 is 37.6 Å². The van der Waals surface area contributed by atoms with Gasteiger partial charge in [0.15, 0.2) is 5.65 Å². The van der Waals surface area contributed by atoms with Gasteiger partial charge in [0.25, 0.3) is 6.01 Å². The SMILES string of the molecule is O=C(O)COC[C@@H]1C[C@H](Oc2nc3nc(OCc4c(F)cccc4F)c(Cl)cc3[nH]2)CO1. The highest BCUT2D eigenvalue weighted by molar-refractivity contribution is 6.32. The lowest BCUT2D eigenvalue weighted by Crippen LogP contribution is -2.20. The number of hydrogen-bond donors (Lipinski definition) is 2. The number of carboxylic acid groups (broad SMARTS) is 1. The molecule has 1 fully saturated rings. The molecule has 3 heterocycles. The number of halogens is 3. The van der Waals surface area contributed by atoms with Crippen molar-refractivity contribution in [2.24, 2.45) is 0 Å². The van der Waals surface area contributed by atoms with Gasteiger partial charge < -0.3 is 29.0 Å². The lowest BCUT2D eigenvalue weighted by Gasteiger charge is -2.09. The van der Waals surface area contributed by atoms with E-state index in [1.807, 2.05) is 0 Å². The highest BCUT2D eigenvalue weighted by atomic mass is 35.5. The molecule has 2 atom stereocenters. The molecule has 1 saturated heterocycles. The number of aromatic amines is 1. The third-order valence-corrected chi connectivity index (χ3v) is 4.91. The van der Waals surface area contributed by atoms with E-state index in [1.165, 1.54) is 12.1 Å². The summed E-state index contributed by atoms with van der Waals surface area (Å²) in [6.45, 7) is -0.355. The molecule has 1 aliphatic rings. The molecule has 0 spiro atoms. The van der Waals surface area contributed by atoms with Gasteiger partial charge >= 0.3 is 5.97 Å². The first-order valence-corrected chi connectivity index (χ1v) is 9.96. The largest absolute Gasteiger partial charge is 0.480 e. The molecule has 4 rings (SSSR count). The number of aromatic nitrogens is 3. The number of H-pyrrole nitrogens is 1. The van der Waals surface area contributed by atoms with E-state index in [2.05, 4.69) is 15.0 Å². The molecule has 0 radical (unpaired) electrons. The molecule has 3 aromatic rings. The fourth-order valence-corrected chi connectivity index (χ4v) is 3.36. The van der Waals surface area contributed by atoms with E-state index >= 15 is 0 Å². The third kappa shape index (κ3) is 5.23. The topological polar surface area (TPSA) is 116 Å². The van der Waals surface area contributed by atoms with Gasteiger partial charge in [-0.15, -0.1) is 0 Å². The number of fused-ring (bicyclic) bond motifs is 1. The van der Waals surface area contributed by atoms with Crippen LogP contribution in [0.1, 0.15) is 12.0 Å². The van der Waals surface area contributed by atoms with Crippen LogP contribution in [-0.2, 0) is 20.9 Å². The first-order valence-electron chi connectivity index (χ1n) is 9.58. The predicted molar refractivity (Wildman–Crippen MR) is 107 cm³/mol. The number of imidazole rings is 1. The number of carboxylic acids is 1. The predicted octanol–water partition coefficient (Wildman–Crippen LogP) is 3.11. The molecule has 0 saturated carbocycles. The lowest BCUT2D eigenvalue weighted by molar-refractivity contribution is -0.143. The average molecular weight is 470 g/mol. The molecule has 32 heavy (non-hydrogen) atoms. The Hall–Kier alpha value is -3.02. The van der Waals surface area contributed by atoms with Gasteiger partial charge in [-0.2, -0.15) is 9.97 Å². The molecule has 0 bridgehead atoms. The lowest BCUT2D eigenvalue weighted by atomic mass is 10.2. The van der Waals surface area contributed by atoms with Gasteiger partial charge in [-0.05, 0) is 18.2 Å². The van der Waals surface area contributed by atoms with Gasteiger partial charge in [0, 0.05) is 6.42 Å². The Balaban J connectivity index is 1.39. The summed E-state index contributed by atoms with van der Waals surface area (Å²) in [6, 6.07) is 5.23. The van der Waals surface area contributed by atoms with Crippen molar-refractivity contribution in [1.29, 1.82) is 0 Å². The Labute approximate surface area is 185 Å². The molecule has 0 aliphatic carbocycles. The van der Waals surface area contributed by atoms with Crippen LogP contribution >= 0.6 is 11.6 Å². The first kappa shape index (κ1) is 22.2. The van der Waals surface area contributed by atoms with Crippen molar-refractivity contribution in [2.75, 3.05) is 19.8 Å². The zero-order valence-electron chi connectivity index (χ0n) is 16.5. The zero-order chi connectivity index (χ0) is 22.7. The Morgan fingerprint density at radius 2 is 2.09 bits per heavy atom. The number of rotatable bonds is 9. The summed E-state index contributed by atoms with van der Waals surface area (Å²) >= 11 is 6.18. The molecule has 0 amide bonds. The normalized spacial score (nSPS) is 18.2. The summed E-state index contributed by atoms with van der Waals surface area (Å²) in [5.41, 5.74) is 0.489. The van der Waals surface area contributed by atoms with Crippen molar-refractivity contribution in [2.45, 2.75) is 25.2 Å². The molecule has 170 valence electrons. The van der Waals surface area contributed by atoms with Crippen molar-refractivity contribution in [1.82, 2.24) is 15.0 Å². The number of pyridine rings is 1. The molecular formula is C20H18ClF2N3O6. The molecule has 1 aromatic carbocycles. The van der Waals surface area contributed by atoms with Crippen LogP contribution in [0.25, 0.3) is 11.2 Å². The van der Waals surface area contributed by atoms with Crippen LogP contribution in [0.15, 0.2) is 24.3 Å². The third-order valence-electron chi connectivity index (χ3n) is 4.64. The smallest absolute Gasteiger partial charge is 0.329 e. The average Bonchev–Trinajstić information content (AvgIpc) is 3.33. The summed E-state index contributed by atoms with van der Waals surface area (Å²) in [5, 5.41) is 8.73. The van der Waals surface area contributed by atoms with Crippen LogP contribution in [-0.4, -0.2) is 58.1 Å². The zero-order valence-corrected chi connectivity index (χ0v) is 17.3. The van der Waals surface area contributed by atoms with Gasteiger partial charge in [0.1, 0.15) is 36.0 Å². The van der Waals surface area contributed by atoms with Gasteiger partial charge in [-0.25, -0.2) is 13.6 Å². The van der Waals surface area contributed by atoms with Crippen LogP contribution < -0.4 is 9.47 Å². The number of aliphatic carboxylic acids is 1. The van der Waals surface area contributed by atoms with Crippen molar-refractivity contribution in [3.63, 3.8) is 0 Å². The highest BCUT2D eigenvalue weighted by Crippen LogP contribution is 2.29. The minimum absolute atomic E-state index is 0.0280.